The summed E-state index contributed by atoms with van der Waals surface area (Å²) < 4.78 is 0. The molecule has 0 saturated carbocycles. The van der Waals surface area contributed by atoms with Gasteiger partial charge in [0.15, 0.2) is 0 Å². The van der Waals surface area contributed by atoms with E-state index in [1.165, 1.54) is 24.8 Å². The van der Waals surface area contributed by atoms with Gasteiger partial charge >= 0.3 is 0 Å². The van der Waals surface area contributed by atoms with Crippen LogP contribution in [-0.2, 0) is 0 Å². The largest absolute Gasteiger partial charge is 0.0961 e. The molecular formula is C10H18. The molecule has 0 saturated heterocycles. The van der Waals surface area contributed by atoms with Gasteiger partial charge in [0.05, 0.1) is 0 Å². The highest BCUT2D eigenvalue weighted by molar-refractivity contribution is 5.16. The molecule has 0 rings (SSSR count). The van der Waals surface area contributed by atoms with E-state index in [2.05, 4.69) is 26.5 Å². The Balaban J connectivity index is 3.60. The van der Waals surface area contributed by atoms with Crippen molar-refractivity contribution in [3.8, 4) is 0 Å². The Morgan fingerprint density at radius 3 is 2.40 bits per heavy atom. The number of allylic oxidation sites excluding steroid dienone is 3. The third-order valence-electron chi connectivity index (χ3n) is 1.42. The van der Waals surface area contributed by atoms with E-state index in [1.807, 2.05) is 6.92 Å². The van der Waals surface area contributed by atoms with Gasteiger partial charge in [0.25, 0.3) is 0 Å². The van der Waals surface area contributed by atoms with Gasteiger partial charge in [0.2, 0.25) is 0 Å². The van der Waals surface area contributed by atoms with E-state index < -0.39 is 0 Å². The molecule has 0 aliphatic rings. The summed E-state index contributed by atoms with van der Waals surface area (Å²) in [6, 6.07) is 0. The molecular weight excluding hydrogens is 120 g/mol. The lowest BCUT2D eigenvalue weighted by atomic mass is 10.1. The van der Waals surface area contributed by atoms with Crippen LogP contribution in [-0.4, -0.2) is 0 Å². The Hall–Kier alpha value is -0.520. The molecule has 0 amide bonds. The quantitative estimate of drug-likeness (QED) is 0.520. The van der Waals surface area contributed by atoms with Gasteiger partial charge in [-0.05, 0) is 26.7 Å². The van der Waals surface area contributed by atoms with Gasteiger partial charge in [-0.3, -0.25) is 0 Å². The van der Waals surface area contributed by atoms with Crippen LogP contribution >= 0.6 is 0 Å². The van der Waals surface area contributed by atoms with Gasteiger partial charge in [-0.15, -0.1) is 0 Å². The topological polar surface area (TPSA) is 0 Å². The molecule has 0 atom stereocenters. The fraction of sp³-hybridized carbons (Fsp3) is 0.600. The molecule has 0 aromatic rings. The van der Waals surface area contributed by atoms with Crippen molar-refractivity contribution >= 4 is 0 Å². The van der Waals surface area contributed by atoms with Gasteiger partial charge < -0.3 is 0 Å². The molecule has 0 unspecified atom stereocenters. The van der Waals surface area contributed by atoms with Crippen LogP contribution < -0.4 is 0 Å². The molecule has 58 valence electrons. The Morgan fingerprint density at radius 1 is 1.40 bits per heavy atom. The van der Waals surface area contributed by atoms with Crippen molar-refractivity contribution in [2.75, 3.05) is 0 Å². The van der Waals surface area contributed by atoms with Crippen LogP contribution in [0.1, 0.15) is 40.0 Å². The van der Waals surface area contributed by atoms with Crippen molar-refractivity contribution in [2.45, 2.75) is 40.0 Å². The zero-order valence-electron chi connectivity index (χ0n) is 7.41. The molecule has 0 aliphatic heterocycles. The minimum absolute atomic E-state index is 1.16. The Morgan fingerprint density at radius 2 is 2.00 bits per heavy atom. The molecule has 0 N–H and O–H groups in total. The molecule has 0 heteroatoms. The molecule has 0 nitrogen and oxygen atoms in total. The predicted molar refractivity (Wildman–Crippen MR) is 48.1 cm³/mol. The minimum atomic E-state index is 1.16. The molecule has 0 aliphatic carbocycles. The normalized spacial score (nSPS) is 11.7. The van der Waals surface area contributed by atoms with Crippen LogP contribution in [0.25, 0.3) is 0 Å². The van der Waals surface area contributed by atoms with E-state index in [0.29, 0.717) is 0 Å². The number of hydrogen-bond acceptors (Lipinski definition) is 0. The van der Waals surface area contributed by atoms with Crippen LogP contribution in [0, 0.1) is 0 Å². The lowest BCUT2D eigenvalue weighted by Crippen LogP contribution is -1.77. The highest BCUT2D eigenvalue weighted by atomic mass is 13.9. The minimum Gasteiger partial charge on any atom is -0.0961 e. The predicted octanol–water partition coefficient (Wildman–Crippen LogP) is 3.70. The average Bonchev–Trinajstić information content (AvgIpc) is 1.82. The summed E-state index contributed by atoms with van der Waals surface area (Å²) >= 11 is 0. The van der Waals surface area contributed by atoms with Crippen molar-refractivity contribution in [1.82, 2.24) is 0 Å². The van der Waals surface area contributed by atoms with Gasteiger partial charge in [-0.1, -0.05) is 37.1 Å². The number of unbranched alkanes of at least 4 members (excludes halogenated alkanes) is 1. The second kappa shape index (κ2) is 5.28. The molecule has 0 heterocycles. The molecule has 10 heavy (non-hydrogen) atoms. The van der Waals surface area contributed by atoms with Crippen LogP contribution in [0.15, 0.2) is 23.8 Å². The first-order valence-corrected chi connectivity index (χ1v) is 3.99. The summed E-state index contributed by atoms with van der Waals surface area (Å²) in [6.45, 7) is 10.3. The van der Waals surface area contributed by atoms with Crippen molar-refractivity contribution in [2.24, 2.45) is 0 Å². The monoisotopic (exact) mass is 138 g/mol. The SMILES string of the molecule is C=C(C)/C=C(\C)CCCC. The molecule has 0 aromatic carbocycles. The van der Waals surface area contributed by atoms with E-state index in [-0.39, 0.29) is 0 Å². The van der Waals surface area contributed by atoms with E-state index in [4.69, 9.17) is 0 Å². The zero-order valence-corrected chi connectivity index (χ0v) is 7.41. The summed E-state index contributed by atoms with van der Waals surface area (Å²) in [5, 5.41) is 0. The highest BCUT2D eigenvalue weighted by Gasteiger charge is 1.87. The van der Waals surface area contributed by atoms with Gasteiger partial charge in [-0.25, -0.2) is 0 Å². The molecule has 0 bridgehead atoms. The van der Waals surface area contributed by atoms with Crippen LogP contribution in [0.3, 0.4) is 0 Å². The Bertz CT molecular complexity index is 129. The lowest BCUT2D eigenvalue weighted by Gasteiger charge is -1.97. The fourth-order valence-electron chi connectivity index (χ4n) is 0.948. The zero-order chi connectivity index (χ0) is 7.98. The molecule has 0 radical (unpaired) electrons. The highest BCUT2D eigenvalue weighted by Crippen LogP contribution is 2.07. The molecule has 0 aromatic heterocycles. The van der Waals surface area contributed by atoms with Crippen LogP contribution in [0.4, 0.5) is 0 Å². The summed E-state index contributed by atoms with van der Waals surface area (Å²) in [4.78, 5) is 0. The van der Waals surface area contributed by atoms with E-state index >= 15 is 0 Å². The third kappa shape index (κ3) is 5.61. The van der Waals surface area contributed by atoms with Crippen molar-refractivity contribution < 1.29 is 0 Å². The third-order valence-corrected chi connectivity index (χ3v) is 1.42. The lowest BCUT2D eigenvalue weighted by molar-refractivity contribution is 0.787. The maximum atomic E-state index is 3.83. The first-order chi connectivity index (χ1) is 4.66. The van der Waals surface area contributed by atoms with Crippen LogP contribution in [0.2, 0.25) is 0 Å². The second-order valence-electron chi connectivity index (χ2n) is 2.94. The van der Waals surface area contributed by atoms with Gasteiger partial charge in [0, 0.05) is 0 Å². The molecule has 0 spiro atoms. The Kier molecular flexibility index (Phi) is 5.00. The second-order valence-corrected chi connectivity index (χ2v) is 2.94. The van der Waals surface area contributed by atoms with Crippen molar-refractivity contribution in [3.05, 3.63) is 23.8 Å². The van der Waals surface area contributed by atoms with Gasteiger partial charge in [0.1, 0.15) is 0 Å². The first kappa shape index (κ1) is 9.48. The standard InChI is InChI=1S/C10H18/c1-5-6-7-10(4)8-9(2)3/h8H,2,5-7H2,1,3-4H3/b10-8+. The smallest absolute Gasteiger partial charge is 0.0320 e. The molecule has 0 fully saturated rings. The first-order valence-electron chi connectivity index (χ1n) is 3.99. The van der Waals surface area contributed by atoms with Crippen molar-refractivity contribution in [1.29, 1.82) is 0 Å². The van der Waals surface area contributed by atoms with Gasteiger partial charge in [-0.2, -0.15) is 0 Å². The Labute approximate surface area is 64.6 Å². The van der Waals surface area contributed by atoms with E-state index in [9.17, 15) is 0 Å². The van der Waals surface area contributed by atoms with E-state index in [1.54, 1.807) is 0 Å². The summed E-state index contributed by atoms with van der Waals surface area (Å²) in [7, 11) is 0. The van der Waals surface area contributed by atoms with E-state index in [0.717, 1.165) is 5.57 Å². The number of hydrogen-bond donors (Lipinski definition) is 0. The summed E-state index contributed by atoms with van der Waals surface area (Å²) in [6.07, 6.45) is 5.97. The van der Waals surface area contributed by atoms with Crippen molar-refractivity contribution in [3.63, 3.8) is 0 Å². The van der Waals surface area contributed by atoms with Crippen LogP contribution in [0.5, 0.6) is 0 Å². The fourth-order valence-corrected chi connectivity index (χ4v) is 0.948. The maximum absolute atomic E-state index is 3.83. The summed E-state index contributed by atoms with van der Waals surface area (Å²) in [5.74, 6) is 0. The number of rotatable bonds is 4. The summed E-state index contributed by atoms with van der Waals surface area (Å²) in [5.41, 5.74) is 2.61. The maximum Gasteiger partial charge on any atom is -0.0320 e. The average molecular weight is 138 g/mol.